The minimum Gasteiger partial charge on any atom is -0.486 e. The van der Waals surface area contributed by atoms with E-state index < -0.39 is 23.4 Å². The Kier molecular flexibility index (Phi) is 6.79. The number of hydrogen-bond donors (Lipinski definition) is 2. The molecule has 0 saturated carbocycles. The quantitative estimate of drug-likeness (QED) is 0.517. The van der Waals surface area contributed by atoms with Crippen molar-refractivity contribution in [3.05, 3.63) is 40.8 Å². The molecule has 2 amide bonds. The van der Waals surface area contributed by atoms with Crippen molar-refractivity contribution in [2.45, 2.75) is 52.2 Å². The van der Waals surface area contributed by atoms with Gasteiger partial charge >= 0.3 is 6.09 Å². The zero-order valence-corrected chi connectivity index (χ0v) is 20.9. The first-order valence-electron chi connectivity index (χ1n) is 11.3. The van der Waals surface area contributed by atoms with Gasteiger partial charge in [0, 0.05) is 12.6 Å². The molecule has 0 aliphatic carbocycles. The lowest BCUT2D eigenvalue weighted by Gasteiger charge is -2.34. The van der Waals surface area contributed by atoms with Crippen molar-refractivity contribution in [2.24, 2.45) is 5.73 Å². The Balaban J connectivity index is 1.58. The lowest BCUT2D eigenvalue weighted by Crippen LogP contribution is -2.46. The number of nitrogens with zero attached hydrogens (tertiary/aromatic N) is 3. The zero-order valence-electron chi connectivity index (χ0n) is 20.1. The molecule has 1 fully saturated rings. The molecular weight excluding hydrogens is 473 g/mol. The number of nitrogens with two attached hydrogens (primary N) is 1. The van der Waals surface area contributed by atoms with Gasteiger partial charge in [-0.3, -0.25) is 4.79 Å². The molecule has 9 nitrogen and oxygen atoms in total. The highest BCUT2D eigenvalue weighted by Gasteiger charge is 2.29. The van der Waals surface area contributed by atoms with Crippen molar-refractivity contribution in [2.75, 3.05) is 18.4 Å². The van der Waals surface area contributed by atoms with Crippen LogP contribution in [0.5, 0.6) is 5.75 Å². The predicted octanol–water partition coefficient (Wildman–Crippen LogP) is 4.76. The van der Waals surface area contributed by atoms with Crippen LogP contribution in [0.4, 0.5) is 20.7 Å². The summed E-state index contributed by atoms with van der Waals surface area (Å²) in [5.74, 6) is -0.252. The number of rotatable bonds is 5. The number of hydrogen-bond acceptors (Lipinski definition) is 8. The maximum Gasteiger partial charge on any atom is 0.410 e. The van der Waals surface area contributed by atoms with E-state index in [1.54, 1.807) is 17.9 Å². The van der Waals surface area contributed by atoms with Crippen LogP contribution in [0.25, 0.3) is 10.2 Å². The number of carbonyl (C=O) groups is 2. The number of ether oxygens (including phenoxy) is 2. The number of likely N-dealkylation sites (tertiary alicyclic amines) is 1. The Morgan fingerprint density at radius 1 is 1.29 bits per heavy atom. The third-order valence-corrected chi connectivity index (χ3v) is 6.69. The van der Waals surface area contributed by atoms with Gasteiger partial charge in [-0.2, -0.15) is 0 Å². The molecule has 35 heavy (non-hydrogen) atoms. The van der Waals surface area contributed by atoms with E-state index in [-0.39, 0.29) is 11.9 Å². The third kappa shape index (κ3) is 5.61. The SMILES string of the molecule is Cc1c(C(N)=O)sc2ncnc(Nc3ccc(F)cc3OC3CCCN(C(=O)OC(C)(C)C)C3)c12. The molecule has 3 N–H and O–H groups in total. The summed E-state index contributed by atoms with van der Waals surface area (Å²) in [7, 11) is 0. The number of amides is 2. The van der Waals surface area contributed by atoms with E-state index >= 15 is 0 Å². The van der Waals surface area contributed by atoms with Crippen LogP contribution < -0.4 is 15.8 Å². The molecule has 11 heteroatoms. The molecule has 186 valence electrons. The maximum absolute atomic E-state index is 14.2. The Labute approximate surface area is 206 Å². The van der Waals surface area contributed by atoms with E-state index in [1.807, 2.05) is 20.8 Å². The van der Waals surface area contributed by atoms with Gasteiger partial charge in [0.25, 0.3) is 5.91 Å². The molecule has 1 atom stereocenters. The number of carbonyl (C=O) groups excluding carboxylic acids is 2. The molecule has 2 aromatic heterocycles. The second-order valence-corrected chi connectivity index (χ2v) is 10.4. The van der Waals surface area contributed by atoms with Gasteiger partial charge in [-0.05, 0) is 58.2 Å². The van der Waals surface area contributed by atoms with Gasteiger partial charge in [-0.1, -0.05) is 0 Å². The van der Waals surface area contributed by atoms with Crippen molar-refractivity contribution in [1.82, 2.24) is 14.9 Å². The third-order valence-electron chi connectivity index (χ3n) is 5.47. The van der Waals surface area contributed by atoms with E-state index in [1.165, 1.54) is 29.8 Å². The van der Waals surface area contributed by atoms with Crippen LogP contribution in [0.2, 0.25) is 0 Å². The highest BCUT2D eigenvalue weighted by molar-refractivity contribution is 7.20. The number of primary amides is 1. The van der Waals surface area contributed by atoms with Gasteiger partial charge in [0.1, 0.15) is 40.2 Å². The molecule has 3 aromatic rings. The first kappa shape index (κ1) is 24.6. The average Bonchev–Trinajstić information content (AvgIpc) is 3.12. The molecule has 1 aliphatic rings. The summed E-state index contributed by atoms with van der Waals surface area (Å²) >= 11 is 1.19. The number of piperidine rings is 1. The number of fused-ring (bicyclic) bond motifs is 1. The number of benzene rings is 1. The lowest BCUT2D eigenvalue weighted by molar-refractivity contribution is 0.00781. The van der Waals surface area contributed by atoms with Crippen molar-refractivity contribution < 1.29 is 23.5 Å². The summed E-state index contributed by atoms with van der Waals surface area (Å²) in [5, 5.41) is 3.86. The molecule has 4 rings (SSSR count). The van der Waals surface area contributed by atoms with Gasteiger partial charge < -0.3 is 25.4 Å². The number of halogens is 1. The van der Waals surface area contributed by atoms with Crippen LogP contribution in [-0.2, 0) is 4.74 Å². The molecule has 1 aliphatic heterocycles. The molecule has 3 heterocycles. The van der Waals surface area contributed by atoms with E-state index in [4.69, 9.17) is 15.2 Å². The molecule has 0 radical (unpaired) electrons. The first-order valence-corrected chi connectivity index (χ1v) is 12.1. The first-order chi connectivity index (χ1) is 16.5. The largest absolute Gasteiger partial charge is 0.486 e. The van der Waals surface area contributed by atoms with Gasteiger partial charge in [0.2, 0.25) is 0 Å². The fourth-order valence-corrected chi connectivity index (χ4v) is 4.93. The second kappa shape index (κ2) is 9.65. The fraction of sp³-hybridized carbons (Fsp3) is 0.417. The lowest BCUT2D eigenvalue weighted by atomic mass is 10.1. The highest BCUT2D eigenvalue weighted by Crippen LogP contribution is 2.37. The summed E-state index contributed by atoms with van der Waals surface area (Å²) < 4.78 is 25.8. The van der Waals surface area contributed by atoms with Crippen LogP contribution in [-0.4, -0.2) is 51.7 Å². The van der Waals surface area contributed by atoms with Crippen LogP contribution in [0.3, 0.4) is 0 Å². The summed E-state index contributed by atoms with van der Waals surface area (Å²) in [5.41, 5.74) is 6.07. The summed E-state index contributed by atoms with van der Waals surface area (Å²) in [4.78, 5) is 35.5. The predicted molar refractivity (Wildman–Crippen MR) is 132 cm³/mol. The van der Waals surface area contributed by atoms with Crippen LogP contribution in [0.15, 0.2) is 24.5 Å². The fourth-order valence-electron chi connectivity index (χ4n) is 3.93. The standard InChI is InChI=1S/C24H28FN5O4S/c1-13-18-21(27-12-28-22(18)35-19(13)20(26)31)29-16-8-7-14(25)10-17(16)33-15-6-5-9-30(11-15)23(32)34-24(2,3)4/h7-8,10,12,15H,5-6,9,11H2,1-4H3,(H2,26,31)(H,27,28,29). The van der Waals surface area contributed by atoms with Crippen molar-refractivity contribution >= 4 is 45.1 Å². The van der Waals surface area contributed by atoms with Crippen molar-refractivity contribution in [1.29, 1.82) is 0 Å². The van der Waals surface area contributed by atoms with Gasteiger partial charge in [0.15, 0.2) is 0 Å². The average molecular weight is 502 g/mol. The van der Waals surface area contributed by atoms with Gasteiger partial charge in [0.05, 0.1) is 22.5 Å². The van der Waals surface area contributed by atoms with Crippen molar-refractivity contribution in [3.8, 4) is 5.75 Å². The summed E-state index contributed by atoms with van der Waals surface area (Å²) in [6, 6.07) is 4.17. The normalized spacial score (nSPS) is 16.3. The number of aryl methyl sites for hydroxylation is 1. The number of thiophene rings is 1. The Hall–Kier alpha value is -3.47. The minimum absolute atomic E-state index is 0.288. The molecule has 0 bridgehead atoms. The Morgan fingerprint density at radius 3 is 2.77 bits per heavy atom. The summed E-state index contributed by atoms with van der Waals surface area (Å²) in [6.07, 6.45) is 2.09. The van der Waals surface area contributed by atoms with E-state index in [0.29, 0.717) is 51.7 Å². The van der Waals surface area contributed by atoms with E-state index in [2.05, 4.69) is 15.3 Å². The molecule has 1 saturated heterocycles. The Bertz CT molecular complexity index is 1270. The number of anilines is 2. The van der Waals surface area contributed by atoms with Crippen LogP contribution >= 0.6 is 11.3 Å². The van der Waals surface area contributed by atoms with Gasteiger partial charge in [-0.25, -0.2) is 19.2 Å². The zero-order chi connectivity index (χ0) is 25.3. The van der Waals surface area contributed by atoms with Crippen LogP contribution in [0.1, 0.15) is 48.8 Å². The number of aromatic nitrogens is 2. The molecule has 0 spiro atoms. The molecule has 1 aromatic carbocycles. The summed E-state index contributed by atoms with van der Waals surface area (Å²) in [6.45, 7) is 8.14. The van der Waals surface area contributed by atoms with Crippen molar-refractivity contribution in [3.63, 3.8) is 0 Å². The smallest absolute Gasteiger partial charge is 0.410 e. The highest BCUT2D eigenvalue weighted by atomic mass is 32.1. The van der Waals surface area contributed by atoms with E-state index in [9.17, 15) is 14.0 Å². The second-order valence-electron chi connectivity index (χ2n) is 9.40. The van der Waals surface area contributed by atoms with Crippen LogP contribution in [0, 0.1) is 12.7 Å². The topological polar surface area (TPSA) is 120 Å². The number of nitrogens with one attached hydrogen (secondary N) is 1. The van der Waals surface area contributed by atoms with Gasteiger partial charge in [-0.15, -0.1) is 11.3 Å². The molecule has 1 unspecified atom stereocenters. The Morgan fingerprint density at radius 2 is 2.06 bits per heavy atom. The van der Waals surface area contributed by atoms with E-state index in [0.717, 1.165) is 6.42 Å². The monoisotopic (exact) mass is 501 g/mol. The maximum atomic E-state index is 14.2. The molecular formula is C24H28FN5O4S. The minimum atomic E-state index is -0.596.